The van der Waals surface area contributed by atoms with Crippen LogP contribution in [0.25, 0.3) is 0 Å². The Morgan fingerprint density at radius 2 is 1.70 bits per heavy atom. The molecule has 0 aliphatic carbocycles. The minimum Gasteiger partial charge on any atom is -0.344 e. The normalized spacial score (nSPS) is 13.6. The average Bonchev–Trinajstić information content (AvgIpc) is 2.58. The first-order valence-electron chi connectivity index (χ1n) is 8.98. The number of pyridine rings is 1. The third-order valence-electron chi connectivity index (χ3n) is 4.05. The van der Waals surface area contributed by atoms with E-state index in [4.69, 9.17) is 5.21 Å². The number of hydrogen-bond donors (Lipinski definition) is 4. The van der Waals surface area contributed by atoms with Crippen LogP contribution in [0.3, 0.4) is 0 Å². The summed E-state index contributed by atoms with van der Waals surface area (Å²) in [4.78, 5) is 41.0. The van der Waals surface area contributed by atoms with Crippen LogP contribution >= 0.6 is 0 Å². The van der Waals surface area contributed by atoms with E-state index in [0.717, 1.165) is 0 Å². The first kappa shape index (κ1) is 22.6. The second-order valence-corrected chi connectivity index (χ2v) is 8.10. The number of nitrogens with zero attached hydrogens (tertiary/aromatic N) is 1. The van der Waals surface area contributed by atoms with Crippen molar-refractivity contribution in [1.82, 2.24) is 15.8 Å². The van der Waals surface area contributed by atoms with E-state index in [1.807, 2.05) is 34.6 Å². The lowest BCUT2D eigenvalue weighted by Crippen LogP contribution is -2.53. The second-order valence-electron chi connectivity index (χ2n) is 8.10. The molecule has 0 spiro atoms. The van der Waals surface area contributed by atoms with Crippen molar-refractivity contribution >= 4 is 23.4 Å². The fourth-order valence-corrected chi connectivity index (χ4v) is 2.71. The highest BCUT2D eigenvalue weighted by molar-refractivity contribution is 5.98. The van der Waals surface area contributed by atoms with E-state index >= 15 is 0 Å². The lowest BCUT2D eigenvalue weighted by molar-refractivity contribution is -0.136. The van der Waals surface area contributed by atoms with Crippen molar-refractivity contribution in [3.8, 4) is 0 Å². The van der Waals surface area contributed by atoms with Crippen molar-refractivity contribution in [3.05, 3.63) is 24.5 Å². The number of amides is 3. The van der Waals surface area contributed by atoms with Gasteiger partial charge in [0.1, 0.15) is 6.04 Å². The maximum atomic E-state index is 12.8. The Labute approximate surface area is 160 Å². The lowest BCUT2D eigenvalue weighted by atomic mass is 9.85. The van der Waals surface area contributed by atoms with Crippen LogP contribution in [0.2, 0.25) is 0 Å². The molecule has 8 heteroatoms. The molecular formula is C19H30N4O4. The molecule has 0 saturated carbocycles. The third kappa shape index (κ3) is 7.74. The predicted octanol–water partition coefficient (Wildman–Crippen LogP) is 2.11. The van der Waals surface area contributed by atoms with E-state index in [2.05, 4.69) is 15.6 Å². The molecule has 0 aliphatic heterocycles. The Morgan fingerprint density at radius 3 is 2.19 bits per heavy atom. The van der Waals surface area contributed by atoms with Gasteiger partial charge >= 0.3 is 0 Å². The summed E-state index contributed by atoms with van der Waals surface area (Å²) in [6.07, 6.45) is 3.43. The zero-order chi connectivity index (χ0) is 20.6. The summed E-state index contributed by atoms with van der Waals surface area (Å²) in [7, 11) is 0. The molecule has 1 aromatic rings. The molecular weight excluding hydrogens is 348 g/mol. The zero-order valence-corrected chi connectivity index (χ0v) is 16.6. The summed E-state index contributed by atoms with van der Waals surface area (Å²) in [5.74, 6) is -1.85. The highest BCUT2D eigenvalue weighted by Gasteiger charge is 2.35. The minimum atomic E-state index is -0.801. The first-order chi connectivity index (χ1) is 12.5. The highest BCUT2D eigenvalue weighted by atomic mass is 16.5. The zero-order valence-electron chi connectivity index (χ0n) is 16.6. The van der Waals surface area contributed by atoms with Gasteiger partial charge in [-0.05, 0) is 29.9 Å². The second kappa shape index (κ2) is 10.0. The fourth-order valence-electron chi connectivity index (χ4n) is 2.71. The Hall–Kier alpha value is -2.48. The van der Waals surface area contributed by atoms with Crippen molar-refractivity contribution < 1.29 is 19.6 Å². The highest BCUT2D eigenvalue weighted by Crippen LogP contribution is 2.23. The Bertz CT molecular complexity index is 641. The van der Waals surface area contributed by atoms with Crippen LogP contribution in [-0.4, -0.2) is 34.0 Å². The topological polar surface area (TPSA) is 120 Å². The molecule has 27 heavy (non-hydrogen) atoms. The van der Waals surface area contributed by atoms with Gasteiger partial charge in [-0.2, -0.15) is 0 Å². The number of hydrogen-bond acceptors (Lipinski definition) is 5. The summed E-state index contributed by atoms with van der Waals surface area (Å²) >= 11 is 0. The van der Waals surface area contributed by atoms with Crippen molar-refractivity contribution in [2.24, 2.45) is 17.3 Å². The standard InChI is InChI=1S/C19H30N4O4/c1-12(2)10-13(11-15(24)23-27)17(25)22-16(19(3,4)5)18(26)21-14-6-8-20-9-7-14/h6-9,12-13,16,27H,10-11H2,1-5H3,(H,22,25)(H,23,24)(H,20,21,26). The van der Waals surface area contributed by atoms with Crippen LogP contribution < -0.4 is 16.1 Å². The molecule has 1 heterocycles. The number of carbonyl (C=O) groups is 3. The van der Waals surface area contributed by atoms with Crippen LogP contribution in [0.15, 0.2) is 24.5 Å². The first-order valence-corrected chi connectivity index (χ1v) is 8.98. The van der Waals surface area contributed by atoms with Crippen LogP contribution in [0.1, 0.15) is 47.5 Å². The van der Waals surface area contributed by atoms with Gasteiger partial charge < -0.3 is 10.6 Å². The average molecular weight is 378 g/mol. The fraction of sp³-hybridized carbons (Fsp3) is 0.579. The van der Waals surface area contributed by atoms with Crippen LogP contribution in [-0.2, 0) is 14.4 Å². The van der Waals surface area contributed by atoms with Crippen molar-refractivity contribution in [2.75, 3.05) is 5.32 Å². The van der Waals surface area contributed by atoms with E-state index < -0.39 is 29.2 Å². The van der Waals surface area contributed by atoms with Crippen LogP contribution in [0, 0.1) is 17.3 Å². The van der Waals surface area contributed by atoms with Gasteiger partial charge in [0.05, 0.1) is 0 Å². The number of aromatic nitrogens is 1. The molecule has 2 unspecified atom stereocenters. The van der Waals surface area contributed by atoms with E-state index in [0.29, 0.717) is 12.1 Å². The Morgan fingerprint density at radius 1 is 1.11 bits per heavy atom. The smallest absolute Gasteiger partial charge is 0.247 e. The maximum absolute atomic E-state index is 12.8. The molecule has 1 aromatic heterocycles. The molecule has 4 N–H and O–H groups in total. The summed E-state index contributed by atoms with van der Waals surface area (Å²) in [6.45, 7) is 9.43. The predicted molar refractivity (Wildman–Crippen MR) is 102 cm³/mol. The third-order valence-corrected chi connectivity index (χ3v) is 4.05. The molecule has 2 atom stereocenters. The van der Waals surface area contributed by atoms with Gasteiger partial charge in [-0.25, -0.2) is 5.48 Å². The van der Waals surface area contributed by atoms with Gasteiger partial charge in [0, 0.05) is 30.4 Å². The summed E-state index contributed by atoms with van der Waals surface area (Å²) in [5.41, 5.74) is 1.59. The van der Waals surface area contributed by atoms with Crippen molar-refractivity contribution in [1.29, 1.82) is 0 Å². The molecule has 8 nitrogen and oxygen atoms in total. The van der Waals surface area contributed by atoms with Crippen LogP contribution in [0.4, 0.5) is 5.69 Å². The number of rotatable bonds is 8. The van der Waals surface area contributed by atoms with Crippen LogP contribution in [0.5, 0.6) is 0 Å². The van der Waals surface area contributed by atoms with Gasteiger partial charge in [0.25, 0.3) is 0 Å². The van der Waals surface area contributed by atoms with Gasteiger partial charge in [-0.15, -0.1) is 0 Å². The van der Waals surface area contributed by atoms with Gasteiger partial charge in [0.2, 0.25) is 17.7 Å². The molecule has 150 valence electrons. The van der Waals surface area contributed by atoms with Crippen molar-refractivity contribution in [3.63, 3.8) is 0 Å². The van der Waals surface area contributed by atoms with Gasteiger partial charge in [-0.1, -0.05) is 34.6 Å². The molecule has 0 bridgehead atoms. The molecule has 0 aliphatic rings. The summed E-state index contributed by atoms with van der Waals surface area (Å²) in [6, 6.07) is 2.52. The number of anilines is 1. The minimum absolute atomic E-state index is 0.149. The molecule has 0 saturated heterocycles. The largest absolute Gasteiger partial charge is 0.344 e. The maximum Gasteiger partial charge on any atom is 0.247 e. The lowest BCUT2D eigenvalue weighted by Gasteiger charge is -2.32. The van der Waals surface area contributed by atoms with Gasteiger partial charge in [-0.3, -0.25) is 24.6 Å². The van der Waals surface area contributed by atoms with E-state index in [1.165, 1.54) is 0 Å². The molecule has 0 fully saturated rings. The Balaban J connectivity index is 2.94. The van der Waals surface area contributed by atoms with E-state index in [1.54, 1.807) is 30.0 Å². The molecule has 1 rings (SSSR count). The number of carbonyl (C=O) groups excluding carboxylic acids is 3. The summed E-state index contributed by atoms with van der Waals surface area (Å²) in [5, 5.41) is 14.3. The SMILES string of the molecule is CC(C)CC(CC(=O)NO)C(=O)NC(C(=O)Nc1ccncc1)C(C)(C)C. The molecule has 3 amide bonds. The van der Waals surface area contributed by atoms with Gasteiger partial charge in [0.15, 0.2) is 0 Å². The molecule has 0 radical (unpaired) electrons. The van der Waals surface area contributed by atoms with Crippen molar-refractivity contribution in [2.45, 2.75) is 53.5 Å². The van der Waals surface area contributed by atoms with E-state index in [-0.39, 0.29) is 18.2 Å². The summed E-state index contributed by atoms with van der Waals surface area (Å²) < 4.78 is 0. The quantitative estimate of drug-likeness (QED) is 0.408. The molecule has 0 aromatic carbocycles. The van der Waals surface area contributed by atoms with E-state index in [9.17, 15) is 14.4 Å². The number of hydroxylamine groups is 1. The monoisotopic (exact) mass is 378 g/mol. The number of nitrogens with one attached hydrogen (secondary N) is 3. The Kier molecular flexibility index (Phi) is 8.36.